The molecule has 1 aromatic heterocycles. The zero-order chi connectivity index (χ0) is 24.5. The first kappa shape index (κ1) is 25.0. The minimum atomic E-state index is -0.970. The molecule has 0 unspecified atom stereocenters. The molecule has 1 saturated heterocycles. The Labute approximate surface area is 206 Å². The van der Waals surface area contributed by atoms with Gasteiger partial charge in [-0.1, -0.05) is 18.2 Å². The first-order valence-electron chi connectivity index (χ1n) is 12.1. The van der Waals surface area contributed by atoms with Crippen molar-refractivity contribution in [1.29, 1.82) is 0 Å². The van der Waals surface area contributed by atoms with E-state index in [4.69, 9.17) is 14.2 Å². The molecule has 1 atom stereocenters. The molecule has 1 fully saturated rings. The number of rotatable bonds is 11. The highest BCUT2D eigenvalue weighted by molar-refractivity contribution is 5.43. The van der Waals surface area contributed by atoms with Crippen molar-refractivity contribution in [3.63, 3.8) is 0 Å². The summed E-state index contributed by atoms with van der Waals surface area (Å²) in [6, 6.07) is 14.2. The summed E-state index contributed by atoms with van der Waals surface area (Å²) >= 11 is 0. The SMILES string of the molecule is COc1cc(CN2CCC[C@](O)(COc3ccccc3F)CC2)ccc1OCCCn1cccn1. The number of halogens is 1. The van der Waals surface area contributed by atoms with Crippen LogP contribution in [0, 0.1) is 5.82 Å². The van der Waals surface area contributed by atoms with Gasteiger partial charge < -0.3 is 19.3 Å². The maximum Gasteiger partial charge on any atom is 0.165 e. The van der Waals surface area contributed by atoms with E-state index in [1.54, 1.807) is 31.5 Å². The van der Waals surface area contributed by atoms with E-state index in [0.717, 1.165) is 50.3 Å². The summed E-state index contributed by atoms with van der Waals surface area (Å²) in [5, 5.41) is 15.3. The summed E-state index contributed by atoms with van der Waals surface area (Å²) in [4.78, 5) is 2.32. The molecule has 35 heavy (non-hydrogen) atoms. The van der Waals surface area contributed by atoms with E-state index in [2.05, 4.69) is 16.1 Å². The Morgan fingerprint density at radius 2 is 1.91 bits per heavy atom. The maximum atomic E-state index is 13.9. The molecule has 7 nitrogen and oxygen atoms in total. The Morgan fingerprint density at radius 1 is 1.03 bits per heavy atom. The minimum absolute atomic E-state index is 0.0853. The Kier molecular flexibility index (Phi) is 8.60. The Bertz CT molecular complexity index is 1060. The van der Waals surface area contributed by atoms with Crippen molar-refractivity contribution in [2.45, 2.75) is 44.4 Å². The molecule has 0 amide bonds. The van der Waals surface area contributed by atoms with Gasteiger partial charge in [0.2, 0.25) is 0 Å². The molecular formula is C27H34FN3O4. The van der Waals surface area contributed by atoms with Gasteiger partial charge in [0.25, 0.3) is 0 Å². The lowest BCUT2D eigenvalue weighted by atomic mass is 9.96. The van der Waals surface area contributed by atoms with Crippen LogP contribution in [-0.2, 0) is 13.1 Å². The molecular weight excluding hydrogens is 449 g/mol. The number of benzene rings is 2. The van der Waals surface area contributed by atoms with Crippen molar-refractivity contribution in [3.05, 3.63) is 72.3 Å². The van der Waals surface area contributed by atoms with E-state index in [1.807, 2.05) is 29.1 Å². The molecule has 1 aliphatic heterocycles. The first-order valence-corrected chi connectivity index (χ1v) is 12.1. The highest BCUT2D eigenvalue weighted by Gasteiger charge is 2.31. The van der Waals surface area contributed by atoms with Gasteiger partial charge in [-0.3, -0.25) is 9.58 Å². The van der Waals surface area contributed by atoms with Crippen LogP contribution in [0.25, 0.3) is 0 Å². The number of hydrogen-bond donors (Lipinski definition) is 1. The van der Waals surface area contributed by atoms with Crippen LogP contribution in [-0.4, -0.2) is 58.8 Å². The Morgan fingerprint density at radius 3 is 2.71 bits per heavy atom. The van der Waals surface area contributed by atoms with E-state index in [0.29, 0.717) is 25.2 Å². The van der Waals surface area contributed by atoms with E-state index in [9.17, 15) is 9.50 Å². The largest absolute Gasteiger partial charge is 0.493 e. The Balaban J connectivity index is 1.27. The summed E-state index contributed by atoms with van der Waals surface area (Å²) in [6.45, 7) is 3.82. The van der Waals surface area contributed by atoms with Gasteiger partial charge in [0.1, 0.15) is 6.61 Å². The van der Waals surface area contributed by atoms with Crippen LogP contribution in [0.4, 0.5) is 4.39 Å². The molecule has 0 bridgehead atoms. The number of para-hydroxylation sites is 1. The highest BCUT2D eigenvalue weighted by atomic mass is 19.1. The van der Waals surface area contributed by atoms with Crippen molar-refractivity contribution >= 4 is 0 Å². The maximum absolute atomic E-state index is 13.9. The predicted molar refractivity (Wildman–Crippen MR) is 131 cm³/mol. The number of hydrogen-bond acceptors (Lipinski definition) is 6. The summed E-state index contributed by atoms with van der Waals surface area (Å²) in [5.41, 5.74) is 0.154. The molecule has 4 rings (SSSR count). The van der Waals surface area contributed by atoms with Crippen molar-refractivity contribution in [1.82, 2.24) is 14.7 Å². The van der Waals surface area contributed by atoms with E-state index >= 15 is 0 Å². The molecule has 2 aromatic carbocycles. The summed E-state index contributed by atoms with van der Waals surface area (Å²) in [6.07, 6.45) is 6.58. The van der Waals surface area contributed by atoms with Crippen LogP contribution in [0.3, 0.4) is 0 Å². The molecule has 8 heteroatoms. The van der Waals surface area contributed by atoms with Crippen LogP contribution in [0.15, 0.2) is 60.9 Å². The summed E-state index contributed by atoms with van der Waals surface area (Å²) in [5.74, 6) is 1.21. The number of aliphatic hydroxyl groups is 1. The topological polar surface area (TPSA) is 69.0 Å². The average Bonchev–Trinajstić information content (AvgIpc) is 3.32. The third-order valence-corrected chi connectivity index (χ3v) is 6.33. The van der Waals surface area contributed by atoms with Crippen LogP contribution >= 0.6 is 0 Å². The number of aromatic nitrogens is 2. The molecule has 188 valence electrons. The lowest BCUT2D eigenvalue weighted by Crippen LogP contribution is -2.37. The molecule has 1 aliphatic rings. The van der Waals surface area contributed by atoms with Gasteiger partial charge >= 0.3 is 0 Å². The van der Waals surface area contributed by atoms with Crippen LogP contribution in [0.2, 0.25) is 0 Å². The number of nitrogens with zero attached hydrogens (tertiary/aromatic N) is 3. The summed E-state index contributed by atoms with van der Waals surface area (Å²) in [7, 11) is 1.65. The lowest BCUT2D eigenvalue weighted by Gasteiger charge is -2.27. The van der Waals surface area contributed by atoms with Crippen LogP contribution in [0.1, 0.15) is 31.2 Å². The van der Waals surface area contributed by atoms with E-state index in [1.165, 1.54) is 6.07 Å². The zero-order valence-electron chi connectivity index (χ0n) is 20.2. The average molecular weight is 484 g/mol. The third kappa shape index (κ3) is 7.19. The van der Waals surface area contributed by atoms with Gasteiger partial charge in [-0.25, -0.2) is 4.39 Å². The second-order valence-corrected chi connectivity index (χ2v) is 9.03. The number of aryl methyl sites for hydroxylation is 1. The monoisotopic (exact) mass is 483 g/mol. The third-order valence-electron chi connectivity index (χ3n) is 6.33. The lowest BCUT2D eigenvalue weighted by molar-refractivity contribution is -0.0177. The first-order chi connectivity index (χ1) is 17.0. The van der Waals surface area contributed by atoms with Gasteiger partial charge in [0.05, 0.1) is 19.3 Å². The van der Waals surface area contributed by atoms with Gasteiger partial charge in [0.15, 0.2) is 23.1 Å². The minimum Gasteiger partial charge on any atom is -0.493 e. The fourth-order valence-corrected chi connectivity index (χ4v) is 4.34. The second kappa shape index (κ2) is 12.0. The quantitative estimate of drug-likeness (QED) is 0.410. The summed E-state index contributed by atoms with van der Waals surface area (Å²) < 4.78 is 32.9. The highest BCUT2D eigenvalue weighted by Crippen LogP contribution is 2.30. The molecule has 0 spiro atoms. The van der Waals surface area contributed by atoms with Crippen molar-refractivity contribution in [2.75, 3.05) is 33.4 Å². The van der Waals surface area contributed by atoms with Gasteiger partial charge in [-0.05, 0) is 61.7 Å². The standard InChI is InChI=1S/C27H34FN3O4/c1-33-26-19-22(9-10-25(26)34-18-6-16-31-15-5-13-29-31)20-30-14-4-11-27(32,12-17-30)21-35-24-8-3-2-7-23(24)28/h2-3,5,7-10,13,15,19,32H,4,6,11-12,14,16-18,20-21H2,1H3/t27-/m1/s1. The molecule has 0 aliphatic carbocycles. The molecule has 3 aromatic rings. The van der Waals surface area contributed by atoms with Gasteiger partial charge in [-0.15, -0.1) is 0 Å². The van der Waals surface area contributed by atoms with Gasteiger partial charge in [-0.2, -0.15) is 5.10 Å². The number of methoxy groups -OCH3 is 1. The fourth-order valence-electron chi connectivity index (χ4n) is 4.34. The van der Waals surface area contributed by atoms with E-state index in [-0.39, 0.29) is 12.4 Å². The second-order valence-electron chi connectivity index (χ2n) is 9.03. The molecule has 0 radical (unpaired) electrons. The molecule has 0 saturated carbocycles. The van der Waals surface area contributed by atoms with Crippen molar-refractivity contribution < 1.29 is 23.7 Å². The predicted octanol–water partition coefficient (Wildman–Crippen LogP) is 4.30. The number of likely N-dealkylation sites (tertiary alicyclic amines) is 1. The van der Waals surface area contributed by atoms with Crippen LogP contribution in [0.5, 0.6) is 17.2 Å². The zero-order valence-corrected chi connectivity index (χ0v) is 20.2. The van der Waals surface area contributed by atoms with E-state index < -0.39 is 11.4 Å². The number of ether oxygens (including phenoxy) is 3. The van der Waals surface area contributed by atoms with Gasteiger partial charge in [0, 0.05) is 38.4 Å². The van der Waals surface area contributed by atoms with Crippen molar-refractivity contribution in [2.24, 2.45) is 0 Å². The smallest absolute Gasteiger partial charge is 0.165 e. The molecule has 2 heterocycles. The fraction of sp³-hybridized carbons (Fsp3) is 0.444. The normalized spacial score (nSPS) is 18.7. The molecule has 1 N–H and O–H groups in total. The van der Waals surface area contributed by atoms with Crippen LogP contribution < -0.4 is 14.2 Å². The van der Waals surface area contributed by atoms with Crippen molar-refractivity contribution in [3.8, 4) is 17.2 Å². The Hall–Kier alpha value is -3.10.